The maximum absolute atomic E-state index is 5.76. The molecule has 0 bridgehead atoms. The number of aromatic nitrogens is 4. The van der Waals surface area contributed by atoms with Crippen molar-refractivity contribution in [3.63, 3.8) is 0 Å². The van der Waals surface area contributed by atoms with Crippen molar-refractivity contribution in [2.24, 2.45) is 0 Å². The highest BCUT2D eigenvalue weighted by molar-refractivity contribution is 5.80. The molecular weight excluding hydrogens is 238 g/mol. The van der Waals surface area contributed by atoms with Gasteiger partial charge in [-0.05, 0) is 32.0 Å². The van der Waals surface area contributed by atoms with Gasteiger partial charge in [-0.15, -0.1) is 0 Å². The van der Waals surface area contributed by atoms with Crippen LogP contribution < -0.4 is 5.73 Å². The molecule has 3 aromatic heterocycles. The van der Waals surface area contributed by atoms with Crippen molar-refractivity contribution in [3.8, 4) is 11.4 Å². The Morgan fingerprint density at radius 2 is 2.05 bits per heavy atom. The zero-order chi connectivity index (χ0) is 13.4. The minimum Gasteiger partial charge on any atom is -0.384 e. The number of nitrogen functional groups attached to an aromatic ring is 1. The Balaban J connectivity index is 2.31. The molecule has 3 heterocycles. The van der Waals surface area contributed by atoms with Crippen molar-refractivity contribution < 1.29 is 0 Å². The highest BCUT2D eigenvalue weighted by Gasteiger charge is 2.14. The quantitative estimate of drug-likeness (QED) is 0.762. The second kappa shape index (κ2) is 4.35. The number of anilines is 1. The van der Waals surface area contributed by atoms with Gasteiger partial charge in [0.25, 0.3) is 0 Å². The number of hydrogen-bond donors (Lipinski definition) is 1. The van der Waals surface area contributed by atoms with E-state index in [-0.39, 0.29) is 0 Å². The van der Waals surface area contributed by atoms with Gasteiger partial charge in [0.05, 0.1) is 11.7 Å². The summed E-state index contributed by atoms with van der Waals surface area (Å²) in [6.45, 7) is 4.27. The maximum Gasteiger partial charge on any atom is 0.141 e. The minimum absolute atomic E-state index is 0.303. The Morgan fingerprint density at radius 1 is 1.21 bits per heavy atom. The number of fused-ring (bicyclic) bond motifs is 1. The Hall–Kier alpha value is -2.43. The van der Waals surface area contributed by atoms with Gasteiger partial charge in [0.2, 0.25) is 0 Å². The van der Waals surface area contributed by atoms with Crippen LogP contribution in [0.5, 0.6) is 0 Å². The van der Waals surface area contributed by atoms with Gasteiger partial charge in [0, 0.05) is 24.0 Å². The fourth-order valence-electron chi connectivity index (χ4n) is 2.26. The van der Waals surface area contributed by atoms with Gasteiger partial charge in [-0.2, -0.15) is 0 Å². The van der Waals surface area contributed by atoms with E-state index in [1.54, 1.807) is 18.6 Å². The van der Waals surface area contributed by atoms with Crippen LogP contribution in [0.25, 0.3) is 22.4 Å². The molecule has 0 fully saturated rings. The molecule has 0 atom stereocenters. The van der Waals surface area contributed by atoms with E-state index in [1.165, 1.54) is 0 Å². The van der Waals surface area contributed by atoms with Crippen LogP contribution in [0.15, 0.2) is 36.8 Å². The summed E-state index contributed by atoms with van der Waals surface area (Å²) in [5.74, 6) is 1.39. The van der Waals surface area contributed by atoms with Crippen LogP contribution >= 0.6 is 0 Å². The second-order valence-electron chi connectivity index (χ2n) is 4.73. The molecule has 19 heavy (non-hydrogen) atoms. The number of pyridine rings is 2. The zero-order valence-electron chi connectivity index (χ0n) is 10.9. The lowest BCUT2D eigenvalue weighted by molar-refractivity contribution is 0.624. The summed E-state index contributed by atoms with van der Waals surface area (Å²) in [4.78, 5) is 12.8. The van der Waals surface area contributed by atoms with E-state index in [4.69, 9.17) is 5.73 Å². The van der Waals surface area contributed by atoms with Crippen LogP contribution in [0.3, 0.4) is 0 Å². The van der Waals surface area contributed by atoms with Crippen LogP contribution in [0, 0.1) is 0 Å². The van der Waals surface area contributed by atoms with Crippen LogP contribution in [-0.4, -0.2) is 19.5 Å². The van der Waals surface area contributed by atoms with E-state index in [1.807, 2.05) is 18.2 Å². The average Bonchev–Trinajstić information content (AvgIpc) is 2.78. The maximum atomic E-state index is 5.76. The van der Waals surface area contributed by atoms with Crippen LogP contribution in [0.1, 0.15) is 19.9 Å². The predicted octanol–water partition coefficient (Wildman–Crippen LogP) is 2.66. The third-order valence-corrected chi connectivity index (χ3v) is 3.05. The molecule has 96 valence electrons. The molecule has 0 aliphatic heterocycles. The van der Waals surface area contributed by atoms with E-state index >= 15 is 0 Å². The summed E-state index contributed by atoms with van der Waals surface area (Å²) >= 11 is 0. The molecule has 0 amide bonds. The van der Waals surface area contributed by atoms with E-state index in [0.717, 1.165) is 22.4 Å². The lowest BCUT2D eigenvalue weighted by atomic mass is 10.2. The van der Waals surface area contributed by atoms with Crippen LogP contribution in [0.4, 0.5) is 5.82 Å². The fraction of sp³-hybridized carbons (Fsp3) is 0.214. The number of hydrogen-bond acceptors (Lipinski definition) is 4. The third kappa shape index (κ3) is 1.93. The highest BCUT2D eigenvalue weighted by atomic mass is 15.1. The fourth-order valence-corrected chi connectivity index (χ4v) is 2.26. The Bertz CT molecular complexity index is 730. The smallest absolute Gasteiger partial charge is 0.141 e. The van der Waals surface area contributed by atoms with Gasteiger partial charge in [-0.3, -0.25) is 4.98 Å². The van der Waals surface area contributed by atoms with Crippen molar-refractivity contribution in [1.29, 1.82) is 0 Å². The van der Waals surface area contributed by atoms with E-state index in [0.29, 0.717) is 11.9 Å². The molecule has 3 aromatic rings. The lowest BCUT2D eigenvalue weighted by Crippen LogP contribution is -2.03. The summed E-state index contributed by atoms with van der Waals surface area (Å²) in [6.07, 6.45) is 5.27. The van der Waals surface area contributed by atoms with Crippen molar-refractivity contribution in [1.82, 2.24) is 19.5 Å². The summed E-state index contributed by atoms with van der Waals surface area (Å²) in [7, 11) is 0. The topological polar surface area (TPSA) is 69.6 Å². The zero-order valence-corrected chi connectivity index (χ0v) is 10.9. The second-order valence-corrected chi connectivity index (χ2v) is 4.73. The number of imidazole rings is 1. The average molecular weight is 253 g/mol. The van der Waals surface area contributed by atoms with Crippen molar-refractivity contribution in [2.75, 3.05) is 5.73 Å². The molecule has 0 aromatic carbocycles. The molecule has 0 spiro atoms. The highest BCUT2D eigenvalue weighted by Crippen LogP contribution is 2.28. The van der Waals surface area contributed by atoms with E-state index in [9.17, 15) is 0 Å². The van der Waals surface area contributed by atoms with Crippen molar-refractivity contribution in [2.45, 2.75) is 19.9 Å². The summed E-state index contributed by atoms with van der Waals surface area (Å²) in [5, 5.41) is 0. The van der Waals surface area contributed by atoms with Gasteiger partial charge >= 0.3 is 0 Å². The standard InChI is InChI=1S/C14H15N5/c1-9(2)19-12-4-5-16-8-11(12)18-14(19)10-3-6-17-13(15)7-10/h3-9H,1-2H3,(H2,15,17). The molecule has 0 saturated carbocycles. The van der Waals surface area contributed by atoms with Crippen LogP contribution in [-0.2, 0) is 0 Å². The van der Waals surface area contributed by atoms with Crippen LogP contribution in [0.2, 0.25) is 0 Å². The Kier molecular flexibility index (Phi) is 2.67. The Morgan fingerprint density at radius 3 is 2.79 bits per heavy atom. The monoisotopic (exact) mass is 253 g/mol. The molecule has 5 heteroatoms. The SMILES string of the molecule is CC(C)n1c(-c2ccnc(N)c2)nc2cnccc21. The molecule has 0 aliphatic carbocycles. The number of nitrogens with zero attached hydrogens (tertiary/aromatic N) is 4. The third-order valence-electron chi connectivity index (χ3n) is 3.05. The molecule has 2 N–H and O–H groups in total. The van der Waals surface area contributed by atoms with Gasteiger partial charge in [-0.25, -0.2) is 9.97 Å². The van der Waals surface area contributed by atoms with Gasteiger partial charge in [0.1, 0.15) is 17.2 Å². The molecule has 0 aliphatic rings. The first-order valence-electron chi connectivity index (χ1n) is 6.20. The minimum atomic E-state index is 0.303. The first-order chi connectivity index (χ1) is 9.16. The molecule has 0 radical (unpaired) electrons. The molecule has 3 rings (SSSR count). The van der Waals surface area contributed by atoms with Gasteiger partial charge < -0.3 is 10.3 Å². The summed E-state index contributed by atoms with van der Waals surface area (Å²) in [5.41, 5.74) is 8.70. The normalized spacial score (nSPS) is 11.3. The molecular formula is C14H15N5. The van der Waals surface area contributed by atoms with Gasteiger partial charge in [0.15, 0.2) is 0 Å². The summed E-state index contributed by atoms with van der Waals surface area (Å²) in [6, 6.07) is 6.05. The lowest BCUT2D eigenvalue weighted by Gasteiger charge is -2.13. The molecule has 5 nitrogen and oxygen atoms in total. The first-order valence-corrected chi connectivity index (χ1v) is 6.20. The van der Waals surface area contributed by atoms with Crippen molar-refractivity contribution in [3.05, 3.63) is 36.8 Å². The van der Waals surface area contributed by atoms with E-state index in [2.05, 4.69) is 33.4 Å². The Labute approximate surface area is 111 Å². The molecule has 0 saturated heterocycles. The number of rotatable bonds is 2. The predicted molar refractivity (Wildman–Crippen MR) is 75.6 cm³/mol. The molecule has 0 unspecified atom stereocenters. The summed E-state index contributed by atoms with van der Waals surface area (Å²) < 4.78 is 2.19. The van der Waals surface area contributed by atoms with Gasteiger partial charge in [-0.1, -0.05) is 0 Å². The van der Waals surface area contributed by atoms with E-state index < -0.39 is 0 Å². The number of nitrogens with two attached hydrogens (primary N) is 1. The largest absolute Gasteiger partial charge is 0.384 e. The van der Waals surface area contributed by atoms with Crippen molar-refractivity contribution >= 4 is 16.9 Å². The first kappa shape index (κ1) is 11.6.